The quantitative estimate of drug-likeness (QED) is 0.662. The van der Waals surface area contributed by atoms with E-state index in [4.69, 9.17) is 5.73 Å². The lowest BCUT2D eigenvalue weighted by atomic mass is 9.74. The van der Waals surface area contributed by atoms with Crippen molar-refractivity contribution in [1.82, 2.24) is 10.3 Å². The van der Waals surface area contributed by atoms with Gasteiger partial charge in [-0.1, -0.05) is 31.0 Å². The highest BCUT2D eigenvalue weighted by molar-refractivity contribution is 6.02. The van der Waals surface area contributed by atoms with Crippen molar-refractivity contribution in [3.05, 3.63) is 59.9 Å². The standard InChI is InChI=1S/C21H26N4O2.2ClH/c1-21(22)11-4-2-9-17(21)19(26)24-14-15-7-6-8-16(13-15)25-20(27)18-10-3-5-12-23-18;;/h3,5-8,10,12-13,17H,2,4,9,11,14,22H2,1H3,(H,24,26)(H,25,27);2*1H. The summed E-state index contributed by atoms with van der Waals surface area (Å²) >= 11 is 0. The number of nitrogens with zero attached hydrogens (tertiary/aromatic N) is 1. The van der Waals surface area contributed by atoms with Gasteiger partial charge in [0.2, 0.25) is 5.91 Å². The Labute approximate surface area is 183 Å². The summed E-state index contributed by atoms with van der Waals surface area (Å²) in [6.45, 7) is 2.36. The van der Waals surface area contributed by atoms with Crippen LogP contribution in [0, 0.1) is 5.92 Å². The summed E-state index contributed by atoms with van der Waals surface area (Å²) in [5, 5.41) is 5.82. The highest BCUT2D eigenvalue weighted by Crippen LogP contribution is 2.31. The van der Waals surface area contributed by atoms with Crippen molar-refractivity contribution >= 4 is 42.3 Å². The average Bonchev–Trinajstić information content (AvgIpc) is 2.67. The van der Waals surface area contributed by atoms with Crippen LogP contribution < -0.4 is 16.4 Å². The number of nitrogens with one attached hydrogen (secondary N) is 2. The molecule has 0 bridgehead atoms. The number of pyridine rings is 1. The van der Waals surface area contributed by atoms with Crippen LogP contribution in [0.4, 0.5) is 5.69 Å². The van der Waals surface area contributed by atoms with Crippen molar-refractivity contribution in [2.75, 3.05) is 5.32 Å². The zero-order valence-electron chi connectivity index (χ0n) is 16.4. The summed E-state index contributed by atoms with van der Waals surface area (Å²) in [5.41, 5.74) is 7.80. The van der Waals surface area contributed by atoms with Crippen molar-refractivity contribution in [2.45, 2.75) is 44.7 Å². The number of halogens is 2. The van der Waals surface area contributed by atoms with Gasteiger partial charge in [0.1, 0.15) is 5.69 Å². The number of anilines is 1. The summed E-state index contributed by atoms with van der Waals surface area (Å²) in [5.74, 6) is -0.418. The molecule has 0 spiro atoms. The van der Waals surface area contributed by atoms with E-state index in [1.165, 1.54) is 0 Å². The Bertz CT molecular complexity index is 815. The fourth-order valence-corrected chi connectivity index (χ4v) is 3.55. The van der Waals surface area contributed by atoms with Crippen LogP contribution in [0.5, 0.6) is 0 Å². The lowest BCUT2D eigenvalue weighted by Gasteiger charge is -2.37. The number of nitrogens with two attached hydrogens (primary N) is 1. The minimum atomic E-state index is -0.444. The van der Waals surface area contributed by atoms with Crippen LogP contribution in [-0.4, -0.2) is 22.3 Å². The zero-order chi connectivity index (χ0) is 19.3. The van der Waals surface area contributed by atoms with Gasteiger partial charge < -0.3 is 16.4 Å². The van der Waals surface area contributed by atoms with Crippen LogP contribution in [-0.2, 0) is 11.3 Å². The molecule has 2 amide bonds. The van der Waals surface area contributed by atoms with Gasteiger partial charge in [-0.25, -0.2) is 0 Å². The van der Waals surface area contributed by atoms with E-state index in [2.05, 4.69) is 15.6 Å². The first-order valence-corrected chi connectivity index (χ1v) is 9.34. The molecule has 1 aromatic carbocycles. The fourth-order valence-electron chi connectivity index (χ4n) is 3.55. The molecular formula is C21H28Cl2N4O2. The predicted octanol–water partition coefficient (Wildman–Crippen LogP) is 3.70. The first-order chi connectivity index (χ1) is 13.0. The van der Waals surface area contributed by atoms with Crippen LogP contribution in [0.3, 0.4) is 0 Å². The Kier molecular flexibility index (Phi) is 9.56. The number of rotatable bonds is 5. The second-order valence-electron chi connectivity index (χ2n) is 7.39. The first kappa shape index (κ1) is 24.9. The van der Waals surface area contributed by atoms with Gasteiger partial charge >= 0.3 is 0 Å². The van der Waals surface area contributed by atoms with Gasteiger partial charge in [0.15, 0.2) is 0 Å². The van der Waals surface area contributed by atoms with E-state index < -0.39 is 5.54 Å². The first-order valence-electron chi connectivity index (χ1n) is 9.34. The van der Waals surface area contributed by atoms with Crippen LogP contribution in [0.15, 0.2) is 48.7 Å². The normalized spacial score (nSPS) is 20.6. The fraction of sp³-hybridized carbons (Fsp3) is 0.381. The molecule has 0 saturated heterocycles. The molecule has 1 heterocycles. The van der Waals surface area contributed by atoms with Crippen molar-refractivity contribution in [2.24, 2.45) is 11.7 Å². The summed E-state index contributed by atoms with van der Waals surface area (Å²) in [4.78, 5) is 28.8. The maximum atomic E-state index is 12.6. The Balaban J connectivity index is 0.00000210. The third-order valence-electron chi connectivity index (χ3n) is 5.12. The summed E-state index contributed by atoms with van der Waals surface area (Å²) in [6, 6.07) is 12.6. The SMILES string of the molecule is CC1(N)CCCCC1C(=O)NCc1cccc(NC(=O)c2ccccn2)c1.Cl.Cl. The highest BCUT2D eigenvalue weighted by atomic mass is 35.5. The van der Waals surface area contributed by atoms with E-state index in [1.54, 1.807) is 24.4 Å². The van der Waals surface area contributed by atoms with Crippen molar-refractivity contribution in [3.63, 3.8) is 0 Å². The van der Waals surface area contributed by atoms with Crippen molar-refractivity contribution < 1.29 is 9.59 Å². The highest BCUT2D eigenvalue weighted by Gasteiger charge is 2.37. The minimum absolute atomic E-state index is 0. The van der Waals surface area contributed by atoms with Gasteiger partial charge in [-0.05, 0) is 49.6 Å². The van der Waals surface area contributed by atoms with Crippen LogP contribution in [0.1, 0.15) is 48.7 Å². The van der Waals surface area contributed by atoms with Crippen LogP contribution >= 0.6 is 24.8 Å². The molecule has 0 radical (unpaired) electrons. The molecule has 6 nitrogen and oxygen atoms in total. The van der Waals surface area contributed by atoms with E-state index in [-0.39, 0.29) is 42.5 Å². The topological polar surface area (TPSA) is 97.1 Å². The van der Waals surface area contributed by atoms with E-state index in [0.29, 0.717) is 17.9 Å². The largest absolute Gasteiger partial charge is 0.352 e. The van der Waals surface area contributed by atoms with E-state index in [9.17, 15) is 9.59 Å². The number of amides is 2. The lowest BCUT2D eigenvalue weighted by Crippen LogP contribution is -2.52. The Morgan fingerprint density at radius 2 is 1.97 bits per heavy atom. The minimum Gasteiger partial charge on any atom is -0.352 e. The Morgan fingerprint density at radius 3 is 2.66 bits per heavy atom. The molecule has 29 heavy (non-hydrogen) atoms. The van der Waals surface area contributed by atoms with Gasteiger partial charge in [0.25, 0.3) is 5.91 Å². The maximum absolute atomic E-state index is 12.6. The predicted molar refractivity (Wildman–Crippen MR) is 120 cm³/mol. The number of aromatic nitrogens is 1. The number of carbonyl (C=O) groups is 2. The number of carbonyl (C=O) groups excluding carboxylic acids is 2. The molecule has 2 aromatic rings. The van der Waals surface area contributed by atoms with Gasteiger partial charge in [0, 0.05) is 24.0 Å². The summed E-state index contributed by atoms with van der Waals surface area (Å²) < 4.78 is 0. The second-order valence-corrected chi connectivity index (χ2v) is 7.39. The third-order valence-corrected chi connectivity index (χ3v) is 5.12. The smallest absolute Gasteiger partial charge is 0.274 e. The van der Waals surface area contributed by atoms with Gasteiger partial charge in [-0.3, -0.25) is 14.6 Å². The van der Waals surface area contributed by atoms with Gasteiger partial charge in [0.05, 0.1) is 5.92 Å². The Hall–Kier alpha value is -2.15. The lowest BCUT2D eigenvalue weighted by molar-refractivity contribution is -0.128. The molecule has 1 fully saturated rings. The maximum Gasteiger partial charge on any atom is 0.274 e. The molecule has 3 rings (SSSR count). The molecule has 8 heteroatoms. The van der Waals surface area contributed by atoms with Crippen LogP contribution in [0.2, 0.25) is 0 Å². The Morgan fingerprint density at radius 1 is 1.17 bits per heavy atom. The van der Waals surface area contributed by atoms with Gasteiger partial charge in [-0.15, -0.1) is 24.8 Å². The molecular weight excluding hydrogens is 411 g/mol. The molecule has 2 atom stereocenters. The number of hydrogen-bond acceptors (Lipinski definition) is 4. The van der Waals surface area contributed by atoms with Gasteiger partial charge in [-0.2, -0.15) is 0 Å². The number of benzene rings is 1. The van der Waals surface area contributed by atoms with Crippen molar-refractivity contribution in [1.29, 1.82) is 0 Å². The molecule has 4 N–H and O–H groups in total. The molecule has 1 saturated carbocycles. The molecule has 0 aliphatic heterocycles. The van der Waals surface area contributed by atoms with E-state index >= 15 is 0 Å². The molecule has 1 aromatic heterocycles. The van der Waals surface area contributed by atoms with E-state index in [1.807, 2.05) is 31.2 Å². The summed E-state index contributed by atoms with van der Waals surface area (Å²) in [6.07, 6.45) is 5.41. The zero-order valence-corrected chi connectivity index (χ0v) is 18.0. The third kappa shape index (κ3) is 6.70. The molecule has 158 valence electrons. The number of hydrogen-bond donors (Lipinski definition) is 3. The average molecular weight is 439 g/mol. The molecule has 1 aliphatic carbocycles. The monoisotopic (exact) mass is 438 g/mol. The second kappa shape index (κ2) is 11.1. The van der Waals surface area contributed by atoms with E-state index in [0.717, 1.165) is 31.2 Å². The van der Waals surface area contributed by atoms with Crippen LogP contribution in [0.25, 0.3) is 0 Å². The summed E-state index contributed by atoms with van der Waals surface area (Å²) in [7, 11) is 0. The van der Waals surface area contributed by atoms with Crippen molar-refractivity contribution in [3.8, 4) is 0 Å². The molecule has 1 aliphatic rings. The molecule has 2 unspecified atom stereocenters.